The SMILES string of the molecule is CC.[K+].[O-]C1CCOC1. The first kappa shape index (κ1) is 13.2. The fourth-order valence-corrected chi connectivity index (χ4v) is 0.513. The van der Waals surface area contributed by atoms with E-state index in [0.717, 1.165) is 0 Å². The van der Waals surface area contributed by atoms with Crippen molar-refractivity contribution in [2.24, 2.45) is 0 Å². The van der Waals surface area contributed by atoms with Crippen LogP contribution in [0.15, 0.2) is 0 Å². The zero-order valence-corrected chi connectivity index (χ0v) is 9.64. The summed E-state index contributed by atoms with van der Waals surface area (Å²) in [4.78, 5) is 0. The second-order valence-corrected chi connectivity index (χ2v) is 1.49. The molecule has 1 saturated heterocycles. The van der Waals surface area contributed by atoms with Gasteiger partial charge in [0.2, 0.25) is 0 Å². The molecule has 1 unspecified atom stereocenters. The Labute approximate surface area is 99.4 Å². The Kier molecular flexibility index (Phi) is 14.0. The molecule has 0 saturated carbocycles. The van der Waals surface area contributed by atoms with E-state index in [2.05, 4.69) is 0 Å². The minimum atomic E-state index is -0.426. The van der Waals surface area contributed by atoms with Crippen LogP contribution in [0.1, 0.15) is 20.3 Å². The van der Waals surface area contributed by atoms with Gasteiger partial charge in [-0.05, 0) is 6.42 Å². The van der Waals surface area contributed by atoms with Crippen molar-refractivity contribution < 1.29 is 61.2 Å². The topological polar surface area (TPSA) is 32.3 Å². The molecular weight excluding hydrogens is 143 g/mol. The van der Waals surface area contributed by atoms with Crippen molar-refractivity contribution in [3.63, 3.8) is 0 Å². The van der Waals surface area contributed by atoms with Crippen LogP contribution in [0.4, 0.5) is 0 Å². The normalized spacial score (nSPS) is 23.7. The van der Waals surface area contributed by atoms with Gasteiger partial charge in [0.1, 0.15) is 0 Å². The Balaban J connectivity index is 0. The van der Waals surface area contributed by atoms with Crippen molar-refractivity contribution in [2.75, 3.05) is 13.2 Å². The van der Waals surface area contributed by atoms with E-state index in [1.807, 2.05) is 13.8 Å². The van der Waals surface area contributed by atoms with Gasteiger partial charge in [-0.3, -0.25) is 0 Å². The van der Waals surface area contributed by atoms with Crippen LogP contribution in [0.2, 0.25) is 0 Å². The minimum Gasteiger partial charge on any atom is -0.850 e. The van der Waals surface area contributed by atoms with Crippen LogP contribution >= 0.6 is 0 Å². The van der Waals surface area contributed by atoms with Gasteiger partial charge < -0.3 is 9.84 Å². The molecule has 2 nitrogen and oxygen atoms in total. The third-order valence-electron chi connectivity index (χ3n) is 0.888. The van der Waals surface area contributed by atoms with Gasteiger partial charge in [-0.25, -0.2) is 0 Å². The summed E-state index contributed by atoms with van der Waals surface area (Å²) in [5.41, 5.74) is 0. The van der Waals surface area contributed by atoms with Gasteiger partial charge in [-0.15, -0.1) is 6.10 Å². The fraction of sp³-hybridized carbons (Fsp3) is 1.00. The summed E-state index contributed by atoms with van der Waals surface area (Å²) in [7, 11) is 0. The van der Waals surface area contributed by atoms with Crippen LogP contribution in [0.5, 0.6) is 0 Å². The van der Waals surface area contributed by atoms with Crippen molar-refractivity contribution in [3.05, 3.63) is 0 Å². The van der Waals surface area contributed by atoms with Crippen LogP contribution in [0.25, 0.3) is 0 Å². The molecule has 0 aromatic heterocycles. The third kappa shape index (κ3) is 7.45. The molecule has 0 spiro atoms. The first-order chi connectivity index (χ1) is 3.89. The molecule has 0 aromatic rings. The molecule has 0 amide bonds. The molecule has 0 radical (unpaired) electrons. The van der Waals surface area contributed by atoms with Crippen molar-refractivity contribution in [1.29, 1.82) is 0 Å². The van der Waals surface area contributed by atoms with Gasteiger partial charge in [0.05, 0.1) is 0 Å². The Morgan fingerprint density at radius 1 is 1.44 bits per heavy atom. The summed E-state index contributed by atoms with van der Waals surface area (Å²) in [6.45, 7) is 5.11. The molecule has 1 aliphatic rings. The molecule has 0 aromatic carbocycles. The Bertz CT molecular complexity index is 44.3. The summed E-state index contributed by atoms with van der Waals surface area (Å²) < 4.78 is 4.74. The van der Waals surface area contributed by atoms with Crippen LogP contribution in [-0.2, 0) is 4.74 Å². The summed E-state index contributed by atoms with van der Waals surface area (Å²) in [6.07, 6.45) is 0.282. The van der Waals surface area contributed by atoms with Crippen molar-refractivity contribution in [2.45, 2.75) is 26.4 Å². The van der Waals surface area contributed by atoms with E-state index in [0.29, 0.717) is 19.6 Å². The fourth-order valence-electron chi connectivity index (χ4n) is 0.513. The third-order valence-corrected chi connectivity index (χ3v) is 0.888. The maximum Gasteiger partial charge on any atom is 1.00 e. The Hall–Kier alpha value is 1.56. The molecule has 1 aliphatic heterocycles. The molecular formula is C6H13KO2. The predicted molar refractivity (Wildman–Crippen MR) is 30.6 cm³/mol. The van der Waals surface area contributed by atoms with E-state index < -0.39 is 6.10 Å². The van der Waals surface area contributed by atoms with Gasteiger partial charge in [-0.1, -0.05) is 13.8 Å². The van der Waals surface area contributed by atoms with Gasteiger partial charge in [0.25, 0.3) is 0 Å². The molecule has 3 heteroatoms. The van der Waals surface area contributed by atoms with Crippen molar-refractivity contribution in [1.82, 2.24) is 0 Å². The smallest absolute Gasteiger partial charge is 0.850 e. The summed E-state index contributed by atoms with van der Waals surface area (Å²) in [5.74, 6) is 0. The molecule has 0 aliphatic carbocycles. The second kappa shape index (κ2) is 9.56. The average molecular weight is 156 g/mol. The molecule has 50 valence electrons. The molecule has 0 N–H and O–H groups in total. The maximum absolute atomic E-state index is 10.2. The van der Waals surface area contributed by atoms with Gasteiger partial charge in [0, 0.05) is 13.2 Å². The molecule has 9 heavy (non-hydrogen) atoms. The zero-order valence-electron chi connectivity index (χ0n) is 6.52. The monoisotopic (exact) mass is 156 g/mol. The molecule has 1 fully saturated rings. The number of ether oxygens (including phenoxy) is 1. The van der Waals surface area contributed by atoms with Crippen molar-refractivity contribution >= 4 is 0 Å². The van der Waals surface area contributed by atoms with E-state index in [1.54, 1.807) is 0 Å². The van der Waals surface area contributed by atoms with Gasteiger partial charge in [-0.2, -0.15) is 0 Å². The Morgan fingerprint density at radius 2 is 2.00 bits per heavy atom. The predicted octanol–water partition coefficient (Wildman–Crippen LogP) is -2.83. The van der Waals surface area contributed by atoms with Crippen molar-refractivity contribution in [3.8, 4) is 0 Å². The average Bonchev–Trinajstić information content (AvgIpc) is 2.24. The first-order valence-electron chi connectivity index (χ1n) is 3.13. The molecule has 1 atom stereocenters. The molecule has 1 rings (SSSR count). The zero-order chi connectivity index (χ0) is 6.41. The van der Waals surface area contributed by atoms with E-state index in [9.17, 15) is 5.11 Å². The summed E-state index contributed by atoms with van der Waals surface area (Å²) in [6, 6.07) is 0. The van der Waals surface area contributed by atoms with E-state index in [4.69, 9.17) is 4.74 Å². The minimum absolute atomic E-state index is 0. The molecule has 0 bridgehead atoms. The molecule has 1 heterocycles. The van der Waals surface area contributed by atoms with Crippen LogP contribution in [0, 0.1) is 0 Å². The number of rotatable bonds is 0. The van der Waals surface area contributed by atoms with E-state index in [-0.39, 0.29) is 51.4 Å². The van der Waals surface area contributed by atoms with Gasteiger partial charge >= 0.3 is 51.4 Å². The first-order valence-corrected chi connectivity index (χ1v) is 3.13. The standard InChI is InChI=1S/C4H7O2.C2H6.K/c5-4-1-2-6-3-4;1-2;/h4H,1-3H2;1-2H3;/q-1;;+1. The summed E-state index contributed by atoms with van der Waals surface area (Å²) >= 11 is 0. The second-order valence-electron chi connectivity index (χ2n) is 1.49. The summed E-state index contributed by atoms with van der Waals surface area (Å²) in [5, 5.41) is 10.2. The largest absolute Gasteiger partial charge is 1.00 e. The van der Waals surface area contributed by atoms with Gasteiger partial charge in [0.15, 0.2) is 0 Å². The Morgan fingerprint density at radius 3 is 2.11 bits per heavy atom. The number of hydrogen-bond acceptors (Lipinski definition) is 2. The van der Waals surface area contributed by atoms with E-state index >= 15 is 0 Å². The maximum atomic E-state index is 10.2. The number of hydrogen-bond donors (Lipinski definition) is 0. The van der Waals surface area contributed by atoms with E-state index in [1.165, 1.54) is 0 Å². The van der Waals surface area contributed by atoms with Crippen LogP contribution < -0.4 is 56.5 Å². The van der Waals surface area contributed by atoms with Crippen LogP contribution in [-0.4, -0.2) is 19.3 Å². The van der Waals surface area contributed by atoms with Crippen LogP contribution in [0.3, 0.4) is 0 Å². The quantitative estimate of drug-likeness (QED) is 0.354.